The summed E-state index contributed by atoms with van der Waals surface area (Å²) in [6, 6.07) is 5.91. The summed E-state index contributed by atoms with van der Waals surface area (Å²) in [5.74, 6) is 0. The average molecular weight is 375 g/mol. The van der Waals surface area contributed by atoms with Crippen molar-refractivity contribution in [1.29, 1.82) is 0 Å². The Bertz CT molecular complexity index is 523. The van der Waals surface area contributed by atoms with Crippen molar-refractivity contribution in [2.45, 2.75) is 25.1 Å². The van der Waals surface area contributed by atoms with Gasteiger partial charge in [0.15, 0.2) is 0 Å². The highest BCUT2D eigenvalue weighted by atomic mass is 79.9. The zero-order valence-electron chi connectivity index (χ0n) is 11.5. The molecule has 1 nitrogen and oxygen atoms in total. The van der Waals surface area contributed by atoms with Gasteiger partial charge in [0.05, 0.1) is 5.70 Å². The summed E-state index contributed by atoms with van der Waals surface area (Å²) in [6.45, 7) is 8.10. The van der Waals surface area contributed by atoms with Crippen LogP contribution in [0.5, 0.6) is 0 Å². The quantitative estimate of drug-likeness (QED) is 0.336. The normalized spacial score (nSPS) is 18.3. The second-order valence-electron chi connectivity index (χ2n) is 4.34. The maximum Gasteiger partial charge on any atom is 0.101 e. The Balaban J connectivity index is 0.000000956. The molecular weight excluding hydrogens is 357 g/mol. The average Bonchev–Trinajstić information content (AvgIpc) is 2.57. The number of aliphatic imine (C=N–C) groups is 1. The van der Waals surface area contributed by atoms with E-state index in [1.54, 1.807) is 0 Å². The van der Waals surface area contributed by atoms with E-state index < -0.39 is 0 Å². The van der Waals surface area contributed by atoms with Crippen molar-refractivity contribution >= 4 is 45.3 Å². The Kier molecular flexibility index (Phi) is 7.57. The van der Waals surface area contributed by atoms with Gasteiger partial charge in [-0.1, -0.05) is 33.6 Å². The minimum atomic E-state index is -0.185. The van der Waals surface area contributed by atoms with E-state index in [4.69, 9.17) is 23.2 Å². The number of rotatable bonds is 2. The van der Waals surface area contributed by atoms with E-state index in [-0.39, 0.29) is 5.38 Å². The molecule has 1 unspecified atom stereocenters. The van der Waals surface area contributed by atoms with E-state index in [1.807, 2.05) is 24.4 Å². The molecule has 0 heterocycles. The summed E-state index contributed by atoms with van der Waals surface area (Å²) < 4.78 is 0. The summed E-state index contributed by atoms with van der Waals surface area (Å²) in [4.78, 5) is 4.49. The first-order valence-electron chi connectivity index (χ1n) is 6.34. The van der Waals surface area contributed by atoms with Gasteiger partial charge in [-0.2, -0.15) is 0 Å². The first-order chi connectivity index (χ1) is 9.63. The number of hydrogen-bond acceptors (Lipinski definition) is 1. The fraction of sp³-hybridized carbons (Fsp3) is 0.312. The molecule has 108 valence electrons. The number of nitrogens with zero attached hydrogens (tertiary/aromatic N) is 1. The van der Waals surface area contributed by atoms with Crippen LogP contribution in [0.25, 0.3) is 0 Å². The van der Waals surface area contributed by atoms with Crippen LogP contribution in [0.1, 0.15) is 29.8 Å². The molecule has 0 saturated heterocycles. The van der Waals surface area contributed by atoms with Gasteiger partial charge in [-0.3, -0.25) is 4.99 Å². The minimum absolute atomic E-state index is 0.185. The van der Waals surface area contributed by atoms with Gasteiger partial charge in [0, 0.05) is 16.6 Å². The van der Waals surface area contributed by atoms with E-state index >= 15 is 0 Å². The van der Waals surface area contributed by atoms with E-state index in [2.05, 4.69) is 41.0 Å². The molecule has 2 rings (SSSR count). The van der Waals surface area contributed by atoms with Crippen LogP contribution in [0.15, 0.2) is 47.6 Å². The van der Waals surface area contributed by atoms with Crippen molar-refractivity contribution in [3.8, 4) is 0 Å². The second-order valence-corrected chi connectivity index (χ2v) is 5.86. The molecule has 1 aromatic rings. The van der Waals surface area contributed by atoms with Crippen molar-refractivity contribution in [3.63, 3.8) is 0 Å². The fourth-order valence-electron chi connectivity index (χ4n) is 2.16. The lowest BCUT2D eigenvalue weighted by atomic mass is 10.0. The standard InChI is InChI=1S/C14H14BrCl2N.C2H4/c1-9-2-3-10-8-11(16)4-5-12(10)13(17)14(9)18-7-6-15;1-2/h4-5,7-8,13H,2-3,6H2,1H3;1-2H2. The van der Waals surface area contributed by atoms with Gasteiger partial charge in [-0.15, -0.1) is 24.8 Å². The third kappa shape index (κ3) is 4.21. The topological polar surface area (TPSA) is 12.4 Å². The van der Waals surface area contributed by atoms with E-state index in [9.17, 15) is 0 Å². The summed E-state index contributed by atoms with van der Waals surface area (Å²) in [7, 11) is 0. The van der Waals surface area contributed by atoms with Crippen LogP contribution in [0.3, 0.4) is 0 Å². The molecule has 1 aliphatic carbocycles. The van der Waals surface area contributed by atoms with Gasteiger partial charge in [0.25, 0.3) is 0 Å². The third-order valence-electron chi connectivity index (χ3n) is 3.12. The highest BCUT2D eigenvalue weighted by molar-refractivity contribution is 9.09. The molecule has 0 saturated carbocycles. The van der Waals surface area contributed by atoms with Crippen LogP contribution in [-0.2, 0) is 6.42 Å². The third-order valence-corrected chi connectivity index (χ3v) is 4.09. The number of allylic oxidation sites excluding steroid dienone is 2. The van der Waals surface area contributed by atoms with Crippen molar-refractivity contribution in [2.24, 2.45) is 4.99 Å². The smallest absolute Gasteiger partial charge is 0.101 e. The van der Waals surface area contributed by atoms with Crippen LogP contribution in [0.2, 0.25) is 5.02 Å². The molecule has 0 N–H and O–H groups in total. The SMILES string of the molecule is C=C.CC1=C(N=CCBr)C(Cl)c2ccc(Cl)cc2CC1. The Hall–Kier alpha value is -0.570. The van der Waals surface area contributed by atoms with Gasteiger partial charge >= 0.3 is 0 Å². The first kappa shape index (κ1) is 17.5. The predicted octanol–water partition coefficient (Wildman–Crippen LogP) is 6.11. The molecule has 0 aromatic heterocycles. The molecule has 1 aromatic carbocycles. The van der Waals surface area contributed by atoms with E-state index in [0.29, 0.717) is 0 Å². The van der Waals surface area contributed by atoms with Crippen molar-refractivity contribution < 1.29 is 0 Å². The number of halogens is 3. The minimum Gasteiger partial charge on any atom is -0.263 e. The fourth-order valence-corrected chi connectivity index (χ4v) is 2.96. The van der Waals surface area contributed by atoms with Gasteiger partial charge in [-0.05, 0) is 48.6 Å². The highest BCUT2D eigenvalue weighted by Crippen LogP contribution is 2.38. The van der Waals surface area contributed by atoms with Crippen LogP contribution in [-0.4, -0.2) is 11.5 Å². The monoisotopic (exact) mass is 373 g/mol. The van der Waals surface area contributed by atoms with Crippen LogP contribution in [0.4, 0.5) is 0 Å². The van der Waals surface area contributed by atoms with Crippen molar-refractivity contribution in [3.05, 3.63) is 58.8 Å². The number of aryl methyl sites for hydroxylation is 1. The van der Waals surface area contributed by atoms with E-state index in [0.717, 1.165) is 34.5 Å². The number of fused-ring (bicyclic) bond motifs is 1. The molecule has 0 fully saturated rings. The first-order valence-corrected chi connectivity index (χ1v) is 8.27. The zero-order valence-corrected chi connectivity index (χ0v) is 14.6. The lowest BCUT2D eigenvalue weighted by Crippen LogP contribution is -1.97. The molecule has 0 radical (unpaired) electrons. The largest absolute Gasteiger partial charge is 0.263 e. The Morgan fingerprint density at radius 3 is 2.75 bits per heavy atom. The van der Waals surface area contributed by atoms with Crippen LogP contribution >= 0.6 is 39.1 Å². The molecule has 20 heavy (non-hydrogen) atoms. The molecule has 1 atom stereocenters. The molecule has 4 heteroatoms. The maximum atomic E-state index is 6.57. The molecule has 0 spiro atoms. The molecule has 0 aliphatic heterocycles. The molecular formula is C16H18BrCl2N. The summed E-state index contributed by atoms with van der Waals surface area (Å²) in [6.07, 6.45) is 3.79. The van der Waals surface area contributed by atoms with Gasteiger partial charge < -0.3 is 0 Å². The molecule has 0 amide bonds. The lowest BCUT2D eigenvalue weighted by molar-refractivity contribution is 0.935. The molecule has 0 bridgehead atoms. The van der Waals surface area contributed by atoms with Crippen molar-refractivity contribution in [1.82, 2.24) is 0 Å². The highest BCUT2D eigenvalue weighted by Gasteiger charge is 2.22. The van der Waals surface area contributed by atoms with Crippen LogP contribution < -0.4 is 0 Å². The summed E-state index contributed by atoms with van der Waals surface area (Å²) in [5.41, 5.74) is 4.57. The van der Waals surface area contributed by atoms with Gasteiger partial charge in [0.2, 0.25) is 0 Å². The Morgan fingerprint density at radius 1 is 1.40 bits per heavy atom. The number of hydrogen-bond donors (Lipinski definition) is 0. The van der Waals surface area contributed by atoms with Crippen molar-refractivity contribution in [2.75, 3.05) is 5.33 Å². The predicted molar refractivity (Wildman–Crippen MR) is 94.6 cm³/mol. The summed E-state index contributed by atoms with van der Waals surface area (Å²) >= 11 is 16.0. The Morgan fingerprint density at radius 2 is 2.10 bits per heavy atom. The maximum absolute atomic E-state index is 6.57. The Labute approximate surface area is 139 Å². The van der Waals surface area contributed by atoms with Gasteiger partial charge in [-0.25, -0.2) is 0 Å². The second kappa shape index (κ2) is 8.66. The molecule has 1 aliphatic rings. The van der Waals surface area contributed by atoms with Crippen LogP contribution in [0, 0.1) is 0 Å². The lowest BCUT2D eigenvalue weighted by Gasteiger charge is -2.13. The number of benzene rings is 1. The summed E-state index contributed by atoms with van der Waals surface area (Å²) in [5, 5.41) is 1.32. The zero-order chi connectivity index (χ0) is 15.1. The van der Waals surface area contributed by atoms with Gasteiger partial charge in [0.1, 0.15) is 5.38 Å². The van der Waals surface area contributed by atoms with E-state index in [1.165, 1.54) is 11.1 Å². The number of alkyl halides is 2.